The molecule has 1 fully saturated rings. The number of benzene rings is 2. The number of rotatable bonds is 7. The fourth-order valence-electron chi connectivity index (χ4n) is 4.08. The van der Waals surface area contributed by atoms with Crippen LogP contribution in [0.1, 0.15) is 36.8 Å². The summed E-state index contributed by atoms with van der Waals surface area (Å²) >= 11 is 0. The van der Waals surface area contributed by atoms with Crippen LogP contribution in [0.3, 0.4) is 0 Å². The minimum atomic E-state index is -0.656. The molecule has 0 atom stereocenters. The number of carbonyl (C=O) groups is 1. The quantitative estimate of drug-likeness (QED) is 0.631. The second-order valence-corrected chi connectivity index (χ2v) is 7.82. The van der Waals surface area contributed by atoms with Gasteiger partial charge in [0.1, 0.15) is 0 Å². The summed E-state index contributed by atoms with van der Waals surface area (Å²) in [7, 11) is 0. The summed E-state index contributed by atoms with van der Waals surface area (Å²) in [6.07, 6.45) is 5.47. The third-order valence-corrected chi connectivity index (χ3v) is 5.73. The average molecular weight is 389 g/mol. The van der Waals surface area contributed by atoms with Crippen molar-refractivity contribution in [1.29, 1.82) is 0 Å². The first kappa shape index (κ1) is 19.4. The Labute approximate surface area is 171 Å². The number of nitrogens with one attached hydrogen (secondary N) is 1. The third-order valence-electron chi connectivity index (χ3n) is 5.73. The molecule has 1 heterocycles. The zero-order chi connectivity index (χ0) is 20.1. The van der Waals surface area contributed by atoms with Gasteiger partial charge in [-0.05, 0) is 31.2 Å². The van der Waals surface area contributed by atoms with Crippen molar-refractivity contribution in [3.05, 3.63) is 78.0 Å². The lowest BCUT2D eigenvalue weighted by molar-refractivity contribution is -0.142. The van der Waals surface area contributed by atoms with Gasteiger partial charge in [-0.15, -0.1) is 0 Å². The van der Waals surface area contributed by atoms with E-state index in [0.29, 0.717) is 6.04 Å². The van der Waals surface area contributed by atoms with Gasteiger partial charge in [0.2, 0.25) is 0 Å². The summed E-state index contributed by atoms with van der Waals surface area (Å²) in [4.78, 5) is 11.2. The Morgan fingerprint density at radius 3 is 2.31 bits per heavy atom. The Morgan fingerprint density at radius 1 is 1.00 bits per heavy atom. The highest BCUT2D eigenvalue weighted by Gasteiger charge is 2.25. The zero-order valence-corrected chi connectivity index (χ0v) is 16.5. The highest BCUT2D eigenvalue weighted by Crippen LogP contribution is 2.26. The minimum absolute atomic E-state index is 0.179. The van der Waals surface area contributed by atoms with Crippen molar-refractivity contribution in [3.63, 3.8) is 0 Å². The first-order chi connectivity index (χ1) is 14.2. The number of nitrogens with zero attached hydrogens (tertiary/aromatic N) is 2. The van der Waals surface area contributed by atoms with E-state index in [2.05, 4.69) is 35.8 Å². The molecular formula is C24H27N3O2. The van der Waals surface area contributed by atoms with Crippen LogP contribution in [0.2, 0.25) is 0 Å². The van der Waals surface area contributed by atoms with Crippen molar-refractivity contribution in [2.24, 2.45) is 5.92 Å². The van der Waals surface area contributed by atoms with Crippen molar-refractivity contribution >= 4 is 5.97 Å². The van der Waals surface area contributed by atoms with Crippen molar-refractivity contribution in [2.75, 3.05) is 0 Å². The maximum absolute atomic E-state index is 11.2. The lowest BCUT2D eigenvalue weighted by Gasteiger charge is -2.26. The Bertz CT molecular complexity index is 929. The normalized spacial score (nSPS) is 19.2. The SMILES string of the molecule is O=C(O)C1CCC(NCc2cn(Cc3ccccc3)nc2-c2ccccc2)CC1. The van der Waals surface area contributed by atoms with Crippen LogP contribution in [0, 0.1) is 5.92 Å². The van der Waals surface area contributed by atoms with Gasteiger partial charge < -0.3 is 10.4 Å². The molecule has 0 radical (unpaired) electrons. The molecule has 5 heteroatoms. The van der Waals surface area contributed by atoms with Gasteiger partial charge in [-0.25, -0.2) is 0 Å². The average Bonchev–Trinajstić information content (AvgIpc) is 3.16. The molecule has 1 saturated carbocycles. The molecule has 29 heavy (non-hydrogen) atoms. The van der Waals surface area contributed by atoms with Crippen LogP contribution in [0.25, 0.3) is 11.3 Å². The van der Waals surface area contributed by atoms with Crippen LogP contribution >= 0.6 is 0 Å². The fraction of sp³-hybridized carbons (Fsp3) is 0.333. The third kappa shape index (κ3) is 4.93. The van der Waals surface area contributed by atoms with Crippen LogP contribution in [-0.4, -0.2) is 26.9 Å². The molecule has 3 aromatic rings. The van der Waals surface area contributed by atoms with Crippen LogP contribution in [0.5, 0.6) is 0 Å². The molecule has 5 nitrogen and oxygen atoms in total. The standard InChI is InChI=1S/C24H27N3O2/c28-24(29)20-11-13-22(14-12-20)25-15-21-17-27(16-18-7-3-1-4-8-18)26-23(21)19-9-5-2-6-10-19/h1-10,17,20,22,25H,11-16H2,(H,28,29). The van der Waals surface area contributed by atoms with E-state index in [1.807, 2.05) is 41.1 Å². The molecule has 0 spiro atoms. The number of aromatic nitrogens is 2. The zero-order valence-electron chi connectivity index (χ0n) is 16.5. The van der Waals surface area contributed by atoms with Crippen molar-refractivity contribution in [1.82, 2.24) is 15.1 Å². The summed E-state index contributed by atoms with van der Waals surface area (Å²) in [5.41, 5.74) is 4.52. The maximum atomic E-state index is 11.2. The molecule has 1 aliphatic rings. The van der Waals surface area contributed by atoms with Crippen molar-refractivity contribution in [3.8, 4) is 11.3 Å². The molecule has 1 aliphatic carbocycles. The van der Waals surface area contributed by atoms with E-state index in [0.717, 1.165) is 50.0 Å². The smallest absolute Gasteiger partial charge is 0.306 e. The molecule has 2 N–H and O–H groups in total. The topological polar surface area (TPSA) is 67.2 Å². The molecule has 0 saturated heterocycles. The highest BCUT2D eigenvalue weighted by molar-refractivity contribution is 5.70. The summed E-state index contributed by atoms with van der Waals surface area (Å²) in [5.74, 6) is -0.835. The first-order valence-electron chi connectivity index (χ1n) is 10.3. The van der Waals surface area contributed by atoms with E-state index in [4.69, 9.17) is 5.10 Å². The Hall–Kier alpha value is -2.92. The fourth-order valence-corrected chi connectivity index (χ4v) is 4.08. The predicted molar refractivity (Wildman–Crippen MR) is 113 cm³/mol. The van der Waals surface area contributed by atoms with Gasteiger partial charge >= 0.3 is 5.97 Å². The summed E-state index contributed by atoms with van der Waals surface area (Å²) < 4.78 is 2.01. The van der Waals surface area contributed by atoms with Gasteiger partial charge in [-0.1, -0.05) is 60.7 Å². The van der Waals surface area contributed by atoms with Crippen LogP contribution in [-0.2, 0) is 17.9 Å². The van der Waals surface area contributed by atoms with E-state index in [1.165, 1.54) is 11.1 Å². The van der Waals surface area contributed by atoms with E-state index < -0.39 is 5.97 Å². The van der Waals surface area contributed by atoms with E-state index in [-0.39, 0.29) is 5.92 Å². The van der Waals surface area contributed by atoms with E-state index >= 15 is 0 Å². The van der Waals surface area contributed by atoms with Crippen LogP contribution in [0.15, 0.2) is 66.9 Å². The second kappa shape index (κ2) is 9.05. The molecule has 4 rings (SSSR count). The minimum Gasteiger partial charge on any atom is -0.481 e. The number of carboxylic acids is 1. The predicted octanol–water partition coefficient (Wildman–Crippen LogP) is 4.33. The maximum Gasteiger partial charge on any atom is 0.306 e. The van der Waals surface area contributed by atoms with E-state index in [1.54, 1.807) is 0 Å². The molecule has 1 aromatic heterocycles. The van der Waals surface area contributed by atoms with Crippen LogP contribution in [0.4, 0.5) is 0 Å². The molecule has 2 aromatic carbocycles. The van der Waals surface area contributed by atoms with Gasteiger partial charge in [0, 0.05) is 29.9 Å². The first-order valence-corrected chi connectivity index (χ1v) is 10.3. The number of carboxylic acid groups (broad SMARTS) is 1. The molecule has 150 valence electrons. The van der Waals surface area contributed by atoms with Gasteiger partial charge in [-0.2, -0.15) is 5.10 Å². The Balaban J connectivity index is 1.48. The molecule has 0 unspecified atom stereocenters. The molecule has 0 aliphatic heterocycles. The largest absolute Gasteiger partial charge is 0.481 e. The molecule has 0 amide bonds. The van der Waals surface area contributed by atoms with Crippen LogP contribution < -0.4 is 5.32 Å². The second-order valence-electron chi connectivity index (χ2n) is 7.82. The van der Waals surface area contributed by atoms with E-state index in [9.17, 15) is 9.90 Å². The number of aliphatic carboxylic acids is 1. The highest BCUT2D eigenvalue weighted by atomic mass is 16.4. The summed E-state index contributed by atoms with van der Waals surface area (Å²) in [5, 5.41) is 17.7. The van der Waals surface area contributed by atoms with Crippen molar-refractivity contribution in [2.45, 2.75) is 44.8 Å². The summed E-state index contributed by atoms with van der Waals surface area (Å²) in [6.45, 7) is 1.48. The lowest BCUT2D eigenvalue weighted by atomic mass is 9.86. The monoisotopic (exact) mass is 389 g/mol. The molecule has 0 bridgehead atoms. The van der Waals surface area contributed by atoms with Gasteiger partial charge in [0.15, 0.2) is 0 Å². The molecular weight excluding hydrogens is 362 g/mol. The lowest BCUT2D eigenvalue weighted by Crippen LogP contribution is -2.34. The van der Waals surface area contributed by atoms with Gasteiger partial charge in [0.25, 0.3) is 0 Å². The number of hydrogen-bond acceptors (Lipinski definition) is 3. The van der Waals surface area contributed by atoms with Gasteiger partial charge in [-0.3, -0.25) is 9.48 Å². The van der Waals surface area contributed by atoms with Gasteiger partial charge in [0.05, 0.1) is 18.2 Å². The Kier molecular flexibility index (Phi) is 6.06. The Morgan fingerprint density at radius 2 is 1.66 bits per heavy atom. The summed E-state index contributed by atoms with van der Waals surface area (Å²) in [6, 6.07) is 21.0. The van der Waals surface area contributed by atoms with Crippen molar-refractivity contribution < 1.29 is 9.90 Å². The number of hydrogen-bond donors (Lipinski definition) is 2.